The van der Waals surface area contributed by atoms with Gasteiger partial charge < -0.3 is 35.0 Å². The van der Waals surface area contributed by atoms with Crippen LogP contribution < -0.4 is 10.6 Å². The summed E-state index contributed by atoms with van der Waals surface area (Å²) in [5, 5.41) is 16.0. The molecule has 47 heavy (non-hydrogen) atoms. The maximum Gasteiger partial charge on any atom is 0.407 e. The van der Waals surface area contributed by atoms with Crippen LogP contribution in [0.5, 0.6) is 0 Å². The Morgan fingerprint density at radius 1 is 0.936 bits per heavy atom. The Hall–Kier alpha value is -5.00. The van der Waals surface area contributed by atoms with E-state index in [1.165, 1.54) is 12.7 Å². The van der Waals surface area contributed by atoms with Crippen molar-refractivity contribution in [3.05, 3.63) is 96.1 Å². The number of imidazole rings is 2. The standard InChI is InChI=1S/C36H37N7O4/c1-47-36(46)42-27-11-10-24-12-13-43-19-25(14-31(45)32(27)33(24)43)34-38-17-29(40-34)22-6-2-20(3-7-22)21-4-8-23(9-5-21)30-18-39-35(41-30)28-15-26(44)16-37-28/h2-9,12-13,17-18,25-28,32,37,44H,10-11,14-16,19H2,1H3,(H,38,40)(H,39,41)(H,42,46)/t25-,26-,27-,28-,32?/m0/s1. The number of Topliss-reactive ketones (excluding diaryl/α,β-unsaturated/α-hetero) is 1. The molecule has 5 atom stereocenters. The number of hydrogen-bond donors (Lipinski definition) is 5. The van der Waals surface area contributed by atoms with Crippen LogP contribution in [-0.2, 0) is 22.5 Å². The number of amides is 1. The molecule has 240 valence electrons. The van der Waals surface area contributed by atoms with E-state index in [1.54, 1.807) is 0 Å². The zero-order chi connectivity index (χ0) is 32.1. The molecule has 1 saturated heterocycles. The van der Waals surface area contributed by atoms with E-state index in [-0.39, 0.29) is 29.9 Å². The number of nitrogens with zero attached hydrogens (tertiary/aromatic N) is 3. The molecule has 3 aromatic heterocycles. The van der Waals surface area contributed by atoms with Crippen LogP contribution in [0.3, 0.4) is 0 Å². The lowest BCUT2D eigenvalue weighted by molar-refractivity contribution is -0.121. The van der Waals surface area contributed by atoms with Crippen molar-refractivity contribution in [2.24, 2.45) is 0 Å². The van der Waals surface area contributed by atoms with Crippen molar-refractivity contribution in [1.82, 2.24) is 35.1 Å². The molecule has 0 spiro atoms. The first-order valence-electron chi connectivity index (χ1n) is 16.2. The number of carbonyl (C=O) groups is 2. The van der Waals surface area contributed by atoms with Crippen molar-refractivity contribution in [3.8, 4) is 33.6 Å². The number of hydrogen-bond acceptors (Lipinski definition) is 7. The Kier molecular flexibility index (Phi) is 7.49. The molecular formula is C36H37N7O4. The van der Waals surface area contributed by atoms with Gasteiger partial charge in [-0.25, -0.2) is 14.8 Å². The lowest BCUT2D eigenvalue weighted by atomic mass is 9.79. The minimum Gasteiger partial charge on any atom is -0.453 e. The highest BCUT2D eigenvalue weighted by Crippen LogP contribution is 2.40. The van der Waals surface area contributed by atoms with Gasteiger partial charge in [0.25, 0.3) is 0 Å². The molecule has 2 aromatic carbocycles. The van der Waals surface area contributed by atoms with E-state index in [0.717, 1.165) is 57.4 Å². The van der Waals surface area contributed by atoms with Gasteiger partial charge in [0.15, 0.2) is 0 Å². The zero-order valence-corrected chi connectivity index (χ0v) is 26.1. The molecule has 0 bridgehead atoms. The van der Waals surface area contributed by atoms with Gasteiger partial charge in [-0.05, 0) is 53.1 Å². The molecule has 5 N–H and O–H groups in total. The Labute approximate surface area is 271 Å². The highest BCUT2D eigenvalue weighted by molar-refractivity contribution is 5.88. The third-order valence-corrected chi connectivity index (χ3v) is 9.96. The van der Waals surface area contributed by atoms with E-state index in [0.29, 0.717) is 32.4 Å². The predicted octanol–water partition coefficient (Wildman–Crippen LogP) is 4.84. The third kappa shape index (κ3) is 5.55. The van der Waals surface area contributed by atoms with Crippen molar-refractivity contribution >= 4 is 11.9 Å². The average Bonchev–Trinajstić information content (AvgIpc) is 3.91. The van der Waals surface area contributed by atoms with Crippen molar-refractivity contribution in [2.75, 3.05) is 13.7 Å². The molecule has 8 rings (SSSR count). The maximum absolute atomic E-state index is 13.7. The fourth-order valence-electron chi connectivity index (χ4n) is 7.51. The van der Waals surface area contributed by atoms with Gasteiger partial charge in [0.2, 0.25) is 0 Å². The molecule has 5 aromatic rings. The number of β-amino-alcohol motifs (C(OH)–C–C–N with tert-alkyl or cyclic N) is 1. The van der Waals surface area contributed by atoms with Crippen LogP contribution in [-0.4, -0.2) is 67.3 Å². The van der Waals surface area contributed by atoms with Gasteiger partial charge in [0.05, 0.1) is 49.0 Å². The second-order valence-electron chi connectivity index (χ2n) is 12.9. The second-order valence-corrected chi connectivity index (χ2v) is 12.9. The molecule has 1 fully saturated rings. The number of aromatic amines is 2. The molecule has 3 aliphatic rings. The Bertz CT molecular complexity index is 1920. The highest BCUT2D eigenvalue weighted by Gasteiger charge is 2.41. The molecule has 0 saturated carbocycles. The number of alkyl carbamates (subject to hydrolysis) is 1. The fourth-order valence-corrected chi connectivity index (χ4v) is 7.51. The minimum atomic E-state index is -0.508. The number of nitrogens with one attached hydrogen (secondary N) is 4. The molecule has 1 aliphatic carbocycles. The van der Waals surface area contributed by atoms with Crippen LogP contribution in [0.15, 0.2) is 73.2 Å². The summed E-state index contributed by atoms with van der Waals surface area (Å²) < 4.78 is 7.02. The number of H-pyrrole nitrogens is 2. The van der Waals surface area contributed by atoms with Gasteiger partial charge in [-0.1, -0.05) is 48.5 Å². The number of aromatic nitrogens is 5. The molecule has 5 heterocycles. The second kappa shape index (κ2) is 12.0. The van der Waals surface area contributed by atoms with Crippen LogP contribution in [0.4, 0.5) is 4.79 Å². The monoisotopic (exact) mass is 631 g/mol. The summed E-state index contributed by atoms with van der Waals surface area (Å²) in [6.45, 7) is 1.23. The van der Waals surface area contributed by atoms with Gasteiger partial charge in [0.1, 0.15) is 17.4 Å². The highest BCUT2D eigenvalue weighted by atomic mass is 16.5. The van der Waals surface area contributed by atoms with Crippen molar-refractivity contribution < 1.29 is 19.4 Å². The van der Waals surface area contributed by atoms with Gasteiger partial charge in [-0.15, -0.1) is 0 Å². The number of methoxy groups -OCH3 is 1. The topological polar surface area (TPSA) is 150 Å². The van der Waals surface area contributed by atoms with Crippen molar-refractivity contribution in [2.45, 2.75) is 62.3 Å². The van der Waals surface area contributed by atoms with Crippen LogP contribution >= 0.6 is 0 Å². The van der Waals surface area contributed by atoms with Crippen LogP contribution in [0.1, 0.15) is 60.0 Å². The number of aliphatic hydroxyl groups excluding tert-OH is 1. The molecule has 1 unspecified atom stereocenters. The Balaban J connectivity index is 0.965. The normalized spacial score (nSPS) is 23.7. The molecule has 1 amide bonds. The number of aliphatic hydroxyl groups is 1. The number of benzene rings is 2. The van der Waals surface area contributed by atoms with E-state index in [2.05, 4.69) is 90.9 Å². The lowest BCUT2D eigenvalue weighted by Gasteiger charge is -2.31. The first-order chi connectivity index (χ1) is 22.9. The molecule has 11 heteroatoms. The van der Waals surface area contributed by atoms with E-state index in [1.807, 2.05) is 12.4 Å². The SMILES string of the molecule is COC(=O)N[C@H]1CCc2ccn3c2C1C(=O)C[C@H](c1ncc(-c2ccc(-c4ccc(-c5cnc([C@@H]6C[C@H](O)CN6)[nH]5)cc4)cc2)[nH]1)C3. The summed E-state index contributed by atoms with van der Waals surface area (Å²) >= 11 is 0. The number of carbonyl (C=O) groups excluding carboxylic acids is 2. The minimum absolute atomic E-state index is 0.0501. The van der Waals surface area contributed by atoms with E-state index in [9.17, 15) is 14.7 Å². The van der Waals surface area contributed by atoms with Gasteiger partial charge in [-0.2, -0.15) is 0 Å². The van der Waals surface area contributed by atoms with E-state index < -0.39 is 12.0 Å². The zero-order valence-electron chi connectivity index (χ0n) is 26.1. The van der Waals surface area contributed by atoms with Gasteiger partial charge in [0, 0.05) is 43.4 Å². The summed E-state index contributed by atoms with van der Waals surface area (Å²) in [6.07, 6.45) is 7.43. The number of aryl methyl sites for hydroxylation is 1. The smallest absolute Gasteiger partial charge is 0.407 e. The van der Waals surface area contributed by atoms with Crippen molar-refractivity contribution in [3.63, 3.8) is 0 Å². The molecule has 11 nitrogen and oxygen atoms in total. The Morgan fingerprint density at radius 2 is 1.57 bits per heavy atom. The first-order valence-corrected chi connectivity index (χ1v) is 16.2. The fraction of sp³-hybridized carbons (Fsp3) is 0.333. The molecule has 0 radical (unpaired) electrons. The number of ketones is 1. The molecular weight excluding hydrogens is 594 g/mol. The predicted molar refractivity (Wildman–Crippen MR) is 176 cm³/mol. The maximum atomic E-state index is 13.7. The van der Waals surface area contributed by atoms with Gasteiger partial charge >= 0.3 is 6.09 Å². The van der Waals surface area contributed by atoms with Crippen LogP contribution in [0.2, 0.25) is 0 Å². The third-order valence-electron chi connectivity index (χ3n) is 9.96. The Morgan fingerprint density at radius 3 is 2.21 bits per heavy atom. The van der Waals surface area contributed by atoms with Crippen LogP contribution in [0, 0.1) is 0 Å². The van der Waals surface area contributed by atoms with Crippen LogP contribution in [0.25, 0.3) is 33.6 Å². The number of ether oxygens (including phenoxy) is 1. The average molecular weight is 632 g/mol. The quantitative estimate of drug-likeness (QED) is 0.180. The van der Waals surface area contributed by atoms with Gasteiger partial charge in [-0.3, -0.25) is 4.79 Å². The summed E-state index contributed by atoms with van der Waals surface area (Å²) in [4.78, 5) is 41.9. The number of rotatable bonds is 6. The summed E-state index contributed by atoms with van der Waals surface area (Å²) in [6, 6.07) is 18.6. The lowest BCUT2D eigenvalue weighted by Crippen LogP contribution is -2.44. The van der Waals surface area contributed by atoms with E-state index >= 15 is 0 Å². The van der Waals surface area contributed by atoms with Crippen molar-refractivity contribution in [1.29, 1.82) is 0 Å². The van der Waals surface area contributed by atoms with E-state index in [4.69, 9.17) is 9.72 Å². The largest absolute Gasteiger partial charge is 0.453 e. The summed E-state index contributed by atoms with van der Waals surface area (Å²) in [5.41, 5.74) is 8.32. The summed E-state index contributed by atoms with van der Waals surface area (Å²) in [5.74, 6) is 1.25. The summed E-state index contributed by atoms with van der Waals surface area (Å²) in [7, 11) is 1.34. The first kappa shape index (κ1) is 29.4. The molecule has 2 aliphatic heterocycles.